The van der Waals surface area contributed by atoms with Gasteiger partial charge in [0, 0.05) is 45.5 Å². The van der Waals surface area contributed by atoms with Crippen molar-refractivity contribution in [2.45, 2.75) is 18.7 Å². The maximum Gasteiger partial charge on any atom is 0.246 e. The van der Waals surface area contributed by atoms with E-state index in [0.29, 0.717) is 23.8 Å². The lowest BCUT2D eigenvalue weighted by atomic mass is 10.3. The van der Waals surface area contributed by atoms with E-state index in [4.69, 9.17) is 0 Å². The molecule has 0 saturated carbocycles. The van der Waals surface area contributed by atoms with E-state index >= 15 is 0 Å². The second-order valence-electron chi connectivity index (χ2n) is 5.20. The summed E-state index contributed by atoms with van der Waals surface area (Å²) in [6, 6.07) is 3.35. The van der Waals surface area contributed by atoms with E-state index < -0.39 is 10.0 Å². The van der Waals surface area contributed by atoms with Crippen LogP contribution in [0.1, 0.15) is 13.8 Å². The summed E-state index contributed by atoms with van der Waals surface area (Å²) in [5, 5.41) is 0. The molecule has 118 valence electrons. The number of piperazine rings is 1. The van der Waals surface area contributed by atoms with Crippen LogP contribution in [-0.4, -0.2) is 68.9 Å². The van der Waals surface area contributed by atoms with Crippen LogP contribution < -0.4 is 4.90 Å². The standard InChI is InChI=1S/C14H24N4O2S/c1-4-18(5-2)21(19,20)13-7-6-8-15-14(13)17-11-9-16(3)10-12-17/h6-8H,4-5,9-12H2,1-3H3. The largest absolute Gasteiger partial charge is 0.353 e. The van der Waals surface area contributed by atoms with Crippen LogP contribution in [0.2, 0.25) is 0 Å². The Labute approximate surface area is 127 Å². The lowest BCUT2D eigenvalue weighted by Gasteiger charge is -2.34. The zero-order chi connectivity index (χ0) is 15.5. The van der Waals surface area contributed by atoms with Gasteiger partial charge < -0.3 is 9.80 Å². The van der Waals surface area contributed by atoms with Gasteiger partial charge in [0.05, 0.1) is 0 Å². The summed E-state index contributed by atoms with van der Waals surface area (Å²) in [4.78, 5) is 8.96. The number of aromatic nitrogens is 1. The van der Waals surface area contributed by atoms with Crippen LogP contribution in [0.15, 0.2) is 23.2 Å². The highest BCUT2D eigenvalue weighted by Gasteiger charge is 2.28. The summed E-state index contributed by atoms with van der Waals surface area (Å²) in [5.41, 5.74) is 0. The molecule has 1 aromatic heterocycles. The second-order valence-corrected chi connectivity index (χ2v) is 7.11. The Hall–Kier alpha value is -1.18. The zero-order valence-corrected chi connectivity index (χ0v) is 13.8. The number of pyridine rings is 1. The fourth-order valence-corrected chi connectivity index (χ4v) is 4.16. The predicted octanol–water partition coefficient (Wildman–Crippen LogP) is 0.864. The molecule has 1 saturated heterocycles. The van der Waals surface area contributed by atoms with E-state index in [1.165, 1.54) is 4.31 Å². The molecule has 0 spiro atoms. The highest BCUT2D eigenvalue weighted by atomic mass is 32.2. The fourth-order valence-electron chi connectivity index (χ4n) is 2.54. The quantitative estimate of drug-likeness (QED) is 0.807. The third-order valence-corrected chi connectivity index (χ3v) is 5.95. The average molecular weight is 312 g/mol. The molecule has 1 fully saturated rings. The summed E-state index contributed by atoms with van der Waals surface area (Å²) in [6.07, 6.45) is 1.66. The van der Waals surface area contributed by atoms with E-state index in [1.807, 2.05) is 13.8 Å². The molecule has 0 N–H and O–H groups in total. The van der Waals surface area contributed by atoms with Gasteiger partial charge in [0.2, 0.25) is 10.0 Å². The molecule has 0 bridgehead atoms. The van der Waals surface area contributed by atoms with Gasteiger partial charge in [0.25, 0.3) is 0 Å². The molecule has 2 rings (SSSR count). The number of nitrogens with zero attached hydrogens (tertiary/aromatic N) is 4. The van der Waals surface area contributed by atoms with Gasteiger partial charge in [-0.05, 0) is 19.2 Å². The Balaban J connectivity index is 2.37. The Morgan fingerprint density at radius 1 is 1.19 bits per heavy atom. The van der Waals surface area contributed by atoms with Crippen molar-refractivity contribution in [3.63, 3.8) is 0 Å². The van der Waals surface area contributed by atoms with Gasteiger partial charge in [-0.3, -0.25) is 0 Å². The third kappa shape index (κ3) is 3.36. The predicted molar refractivity (Wildman–Crippen MR) is 84.1 cm³/mol. The second kappa shape index (κ2) is 6.72. The molecule has 0 radical (unpaired) electrons. The van der Waals surface area contributed by atoms with Crippen molar-refractivity contribution in [3.05, 3.63) is 18.3 Å². The van der Waals surface area contributed by atoms with E-state index in [2.05, 4.69) is 21.8 Å². The molecular weight excluding hydrogens is 288 g/mol. The SMILES string of the molecule is CCN(CC)S(=O)(=O)c1cccnc1N1CCN(C)CC1. The van der Waals surface area contributed by atoms with Gasteiger partial charge in [0.15, 0.2) is 0 Å². The van der Waals surface area contributed by atoms with Crippen LogP contribution in [0.3, 0.4) is 0 Å². The number of rotatable bonds is 5. The molecule has 1 aliphatic heterocycles. The molecule has 0 unspecified atom stereocenters. The minimum atomic E-state index is -3.48. The van der Waals surface area contributed by atoms with Crippen molar-refractivity contribution in [3.8, 4) is 0 Å². The van der Waals surface area contributed by atoms with Crippen molar-refractivity contribution in [2.24, 2.45) is 0 Å². The molecular formula is C14H24N4O2S. The first-order valence-corrected chi connectivity index (χ1v) is 8.83. The zero-order valence-electron chi connectivity index (χ0n) is 13.0. The summed E-state index contributed by atoms with van der Waals surface area (Å²) in [6.45, 7) is 8.08. The number of sulfonamides is 1. The first-order valence-electron chi connectivity index (χ1n) is 7.39. The molecule has 2 heterocycles. The smallest absolute Gasteiger partial charge is 0.246 e. The average Bonchev–Trinajstić information content (AvgIpc) is 2.49. The summed E-state index contributed by atoms with van der Waals surface area (Å²) in [7, 11) is -1.41. The lowest BCUT2D eigenvalue weighted by Crippen LogP contribution is -2.45. The van der Waals surface area contributed by atoms with Crippen molar-refractivity contribution < 1.29 is 8.42 Å². The molecule has 1 aliphatic rings. The van der Waals surface area contributed by atoms with Gasteiger partial charge in [0.1, 0.15) is 10.7 Å². The Kier molecular flexibility index (Phi) is 5.18. The van der Waals surface area contributed by atoms with Crippen molar-refractivity contribution in [1.29, 1.82) is 0 Å². The van der Waals surface area contributed by atoms with Crippen LogP contribution >= 0.6 is 0 Å². The summed E-state index contributed by atoms with van der Waals surface area (Å²) in [5.74, 6) is 0.581. The van der Waals surface area contributed by atoms with E-state index in [9.17, 15) is 8.42 Å². The number of hydrogen-bond donors (Lipinski definition) is 0. The van der Waals surface area contributed by atoms with Gasteiger partial charge in [-0.15, -0.1) is 0 Å². The monoisotopic (exact) mass is 312 g/mol. The molecule has 7 heteroatoms. The first kappa shape index (κ1) is 16.2. The number of hydrogen-bond acceptors (Lipinski definition) is 5. The highest BCUT2D eigenvalue weighted by Crippen LogP contribution is 2.26. The fraction of sp³-hybridized carbons (Fsp3) is 0.643. The minimum Gasteiger partial charge on any atom is -0.353 e. The Morgan fingerprint density at radius 2 is 1.81 bits per heavy atom. The normalized spacial score (nSPS) is 17.4. The minimum absolute atomic E-state index is 0.318. The summed E-state index contributed by atoms with van der Waals surface area (Å²) >= 11 is 0. The lowest BCUT2D eigenvalue weighted by molar-refractivity contribution is 0.311. The molecule has 21 heavy (non-hydrogen) atoms. The molecule has 1 aromatic rings. The highest BCUT2D eigenvalue weighted by molar-refractivity contribution is 7.89. The van der Waals surface area contributed by atoms with E-state index in [1.54, 1.807) is 18.3 Å². The number of likely N-dealkylation sites (N-methyl/N-ethyl adjacent to an activating group) is 1. The van der Waals surface area contributed by atoms with Crippen LogP contribution in [-0.2, 0) is 10.0 Å². The summed E-state index contributed by atoms with van der Waals surface area (Å²) < 4.78 is 27.0. The van der Waals surface area contributed by atoms with Crippen LogP contribution in [0.5, 0.6) is 0 Å². The first-order chi connectivity index (χ1) is 10.0. The van der Waals surface area contributed by atoms with Crippen molar-refractivity contribution >= 4 is 15.8 Å². The third-order valence-electron chi connectivity index (χ3n) is 3.88. The molecule has 6 nitrogen and oxygen atoms in total. The van der Waals surface area contributed by atoms with Gasteiger partial charge in [-0.2, -0.15) is 4.31 Å². The van der Waals surface area contributed by atoms with E-state index in [0.717, 1.165) is 26.2 Å². The Morgan fingerprint density at radius 3 is 2.38 bits per heavy atom. The molecule has 0 aromatic carbocycles. The maximum atomic E-state index is 12.8. The molecule has 0 atom stereocenters. The van der Waals surface area contributed by atoms with Crippen LogP contribution in [0, 0.1) is 0 Å². The van der Waals surface area contributed by atoms with Crippen LogP contribution in [0.4, 0.5) is 5.82 Å². The Bertz CT molecular complexity index is 564. The maximum absolute atomic E-state index is 12.8. The van der Waals surface area contributed by atoms with Crippen molar-refractivity contribution in [2.75, 3.05) is 51.2 Å². The van der Waals surface area contributed by atoms with Gasteiger partial charge in [-0.1, -0.05) is 13.8 Å². The molecule has 0 amide bonds. The van der Waals surface area contributed by atoms with Gasteiger partial charge in [-0.25, -0.2) is 13.4 Å². The van der Waals surface area contributed by atoms with E-state index in [-0.39, 0.29) is 0 Å². The van der Waals surface area contributed by atoms with Crippen LogP contribution in [0.25, 0.3) is 0 Å². The molecule has 0 aliphatic carbocycles. The number of anilines is 1. The van der Waals surface area contributed by atoms with Gasteiger partial charge >= 0.3 is 0 Å². The topological polar surface area (TPSA) is 56.8 Å². The van der Waals surface area contributed by atoms with Crippen molar-refractivity contribution in [1.82, 2.24) is 14.2 Å².